The van der Waals surface area contributed by atoms with Gasteiger partial charge in [0.25, 0.3) is 0 Å². The van der Waals surface area contributed by atoms with E-state index in [9.17, 15) is 0 Å². The van der Waals surface area contributed by atoms with Crippen LogP contribution >= 0.6 is 0 Å². The number of rotatable bonds is 8. The summed E-state index contributed by atoms with van der Waals surface area (Å²) in [7, 11) is 0. The van der Waals surface area contributed by atoms with Gasteiger partial charge in [-0.3, -0.25) is 0 Å². The fourth-order valence-corrected chi connectivity index (χ4v) is 2.55. The monoisotopic (exact) mass is 300 g/mol. The average Bonchev–Trinajstić information content (AvgIpc) is 3.42. The number of fused-ring (bicyclic) bond motifs is 1. The summed E-state index contributed by atoms with van der Waals surface area (Å²) in [5.41, 5.74) is 2.41. The maximum Gasteiger partial charge on any atom is 0.104 e. The third-order valence-corrected chi connectivity index (χ3v) is 3.97. The Kier molecular flexibility index (Phi) is 4.08. The minimum absolute atomic E-state index is 0.314. The van der Waals surface area contributed by atoms with Gasteiger partial charge in [-0.25, -0.2) is 0 Å². The SMILES string of the molecule is c1cc(COCC2CO2)c2ccc(COCC3CO3)cc2c1. The van der Waals surface area contributed by atoms with Crippen LogP contribution in [0.4, 0.5) is 0 Å². The lowest BCUT2D eigenvalue weighted by atomic mass is 10.0. The Morgan fingerprint density at radius 2 is 1.64 bits per heavy atom. The highest BCUT2D eigenvalue weighted by Gasteiger charge is 2.22. The minimum Gasteiger partial charge on any atom is -0.374 e. The predicted molar refractivity (Wildman–Crippen MR) is 82.7 cm³/mol. The smallest absolute Gasteiger partial charge is 0.104 e. The zero-order valence-corrected chi connectivity index (χ0v) is 12.5. The van der Waals surface area contributed by atoms with E-state index < -0.39 is 0 Å². The van der Waals surface area contributed by atoms with E-state index in [1.165, 1.54) is 21.9 Å². The molecule has 2 aliphatic rings. The molecule has 2 saturated heterocycles. The van der Waals surface area contributed by atoms with Crippen molar-refractivity contribution in [3.63, 3.8) is 0 Å². The van der Waals surface area contributed by atoms with Crippen molar-refractivity contribution < 1.29 is 18.9 Å². The molecule has 2 atom stereocenters. The first-order valence-corrected chi connectivity index (χ1v) is 7.78. The van der Waals surface area contributed by atoms with Crippen LogP contribution in [0, 0.1) is 0 Å². The van der Waals surface area contributed by atoms with Crippen molar-refractivity contribution in [1.82, 2.24) is 0 Å². The van der Waals surface area contributed by atoms with Crippen LogP contribution in [0.2, 0.25) is 0 Å². The van der Waals surface area contributed by atoms with Crippen LogP contribution in [0.15, 0.2) is 36.4 Å². The van der Waals surface area contributed by atoms with Gasteiger partial charge < -0.3 is 18.9 Å². The molecule has 0 spiro atoms. The van der Waals surface area contributed by atoms with Gasteiger partial charge in [0.2, 0.25) is 0 Å². The fourth-order valence-electron chi connectivity index (χ4n) is 2.55. The summed E-state index contributed by atoms with van der Waals surface area (Å²) in [6.45, 7) is 4.32. The van der Waals surface area contributed by atoms with E-state index in [0.717, 1.165) is 13.2 Å². The second kappa shape index (κ2) is 6.34. The normalized spacial score (nSPS) is 22.9. The molecule has 2 unspecified atom stereocenters. The Balaban J connectivity index is 1.42. The molecular formula is C18H20O4. The Labute approximate surface area is 129 Å². The van der Waals surface area contributed by atoms with Crippen molar-refractivity contribution in [2.24, 2.45) is 0 Å². The van der Waals surface area contributed by atoms with Gasteiger partial charge in [-0.1, -0.05) is 30.3 Å². The van der Waals surface area contributed by atoms with Gasteiger partial charge in [-0.15, -0.1) is 0 Å². The molecule has 2 fully saturated rings. The van der Waals surface area contributed by atoms with Crippen molar-refractivity contribution in [3.8, 4) is 0 Å². The average molecular weight is 300 g/mol. The first-order chi connectivity index (χ1) is 10.9. The lowest BCUT2D eigenvalue weighted by molar-refractivity contribution is 0.104. The van der Waals surface area contributed by atoms with Gasteiger partial charge in [0.15, 0.2) is 0 Å². The summed E-state index contributed by atoms with van der Waals surface area (Å²) in [5.74, 6) is 0. The molecule has 0 radical (unpaired) electrons. The van der Waals surface area contributed by atoms with E-state index in [-0.39, 0.29) is 0 Å². The van der Waals surface area contributed by atoms with Gasteiger partial charge in [0.1, 0.15) is 12.2 Å². The van der Waals surface area contributed by atoms with E-state index in [1.54, 1.807) is 0 Å². The predicted octanol–water partition coefficient (Wildman–Crippen LogP) is 2.67. The zero-order chi connectivity index (χ0) is 14.8. The zero-order valence-electron chi connectivity index (χ0n) is 12.5. The molecular weight excluding hydrogens is 280 g/mol. The Bertz CT molecular complexity index is 647. The lowest BCUT2D eigenvalue weighted by Gasteiger charge is -2.09. The van der Waals surface area contributed by atoms with Crippen LogP contribution in [0.3, 0.4) is 0 Å². The van der Waals surface area contributed by atoms with E-state index in [1.807, 2.05) is 0 Å². The molecule has 4 heteroatoms. The highest BCUT2D eigenvalue weighted by molar-refractivity contribution is 5.86. The molecule has 0 N–H and O–H groups in total. The van der Waals surface area contributed by atoms with E-state index in [0.29, 0.717) is 38.6 Å². The third-order valence-electron chi connectivity index (χ3n) is 3.97. The van der Waals surface area contributed by atoms with Crippen LogP contribution in [0.5, 0.6) is 0 Å². The highest BCUT2D eigenvalue weighted by atomic mass is 16.6. The molecule has 0 aliphatic carbocycles. The molecule has 4 rings (SSSR count). The van der Waals surface area contributed by atoms with Crippen molar-refractivity contribution in [3.05, 3.63) is 47.5 Å². The molecule has 2 heterocycles. The number of epoxide rings is 2. The molecule has 116 valence electrons. The summed E-state index contributed by atoms with van der Waals surface area (Å²) in [6, 6.07) is 12.8. The summed E-state index contributed by atoms with van der Waals surface area (Å²) in [4.78, 5) is 0. The molecule has 2 aromatic carbocycles. The fraction of sp³-hybridized carbons (Fsp3) is 0.444. The lowest BCUT2D eigenvalue weighted by Crippen LogP contribution is -2.02. The van der Waals surface area contributed by atoms with E-state index >= 15 is 0 Å². The number of hydrogen-bond donors (Lipinski definition) is 0. The first-order valence-electron chi connectivity index (χ1n) is 7.78. The third kappa shape index (κ3) is 3.65. The minimum atomic E-state index is 0.314. The second-order valence-electron chi connectivity index (χ2n) is 5.91. The van der Waals surface area contributed by atoms with Gasteiger partial charge >= 0.3 is 0 Å². The Morgan fingerprint density at radius 1 is 0.909 bits per heavy atom. The standard InChI is InChI=1S/C18H20O4/c1-2-14-6-13(7-19-9-16-11-21-16)4-5-18(14)15(3-1)8-20-10-17-12-22-17/h1-6,16-17H,7-12H2. The summed E-state index contributed by atoms with van der Waals surface area (Å²) in [5, 5.41) is 2.47. The number of benzene rings is 2. The number of ether oxygens (including phenoxy) is 4. The second-order valence-corrected chi connectivity index (χ2v) is 5.91. The van der Waals surface area contributed by atoms with Gasteiger partial charge in [0, 0.05) is 0 Å². The van der Waals surface area contributed by atoms with Crippen molar-refractivity contribution >= 4 is 10.8 Å². The maximum atomic E-state index is 5.72. The van der Waals surface area contributed by atoms with Crippen LogP contribution in [0.25, 0.3) is 10.8 Å². The van der Waals surface area contributed by atoms with Crippen molar-refractivity contribution in [1.29, 1.82) is 0 Å². The van der Waals surface area contributed by atoms with Gasteiger partial charge in [0.05, 0.1) is 39.6 Å². The topological polar surface area (TPSA) is 43.5 Å². The highest BCUT2D eigenvalue weighted by Crippen LogP contribution is 2.22. The summed E-state index contributed by atoms with van der Waals surface area (Å²) < 4.78 is 21.7. The molecule has 0 aromatic heterocycles. The van der Waals surface area contributed by atoms with Crippen LogP contribution in [-0.2, 0) is 32.2 Å². The molecule has 22 heavy (non-hydrogen) atoms. The van der Waals surface area contributed by atoms with Crippen LogP contribution in [-0.4, -0.2) is 38.6 Å². The quantitative estimate of drug-likeness (QED) is 0.703. The summed E-state index contributed by atoms with van der Waals surface area (Å²) in [6.07, 6.45) is 0.633. The Hall–Kier alpha value is -1.46. The largest absolute Gasteiger partial charge is 0.374 e. The van der Waals surface area contributed by atoms with Crippen LogP contribution < -0.4 is 0 Å². The molecule has 0 amide bonds. The molecule has 2 aliphatic heterocycles. The summed E-state index contributed by atoms with van der Waals surface area (Å²) >= 11 is 0. The van der Waals surface area contributed by atoms with E-state index in [4.69, 9.17) is 18.9 Å². The maximum absolute atomic E-state index is 5.72. The van der Waals surface area contributed by atoms with E-state index in [2.05, 4.69) is 36.4 Å². The van der Waals surface area contributed by atoms with Crippen molar-refractivity contribution in [2.75, 3.05) is 26.4 Å². The Morgan fingerprint density at radius 3 is 2.36 bits per heavy atom. The van der Waals surface area contributed by atoms with Crippen molar-refractivity contribution in [2.45, 2.75) is 25.4 Å². The van der Waals surface area contributed by atoms with Gasteiger partial charge in [-0.05, 0) is 28.0 Å². The molecule has 0 bridgehead atoms. The van der Waals surface area contributed by atoms with Gasteiger partial charge in [-0.2, -0.15) is 0 Å². The molecule has 2 aromatic rings. The first kappa shape index (κ1) is 14.2. The molecule has 0 saturated carbocycles. The van der Waals surface area contributed by atoms with Crippen LogP contribution in [0.1, 0.15) is 11.1 Å². The molecule has 4 nitrogen and oxygen atoms in total. The number of hydrogen-bond acceptors (Lipinski definition) is 4.